The van der Waals surface area contributed by atoms with Crippen molar-refractivity contribution in [3.8, 4) is 0 Å². The van der Waals surface area contributed by atoms with E-state index in [1.54, 1.807) is 0 Å². The van der Waals surface area contributed by atoms with Crippen molar-refractivity contribution < 1.29 is 0 Å². The van der Waals surface area contributed by atoms with Gasteiger partial charge in [-0.15, -0.1) is 0 Å². The molecule has 1 fully saturated rings. The van der Waals surface area contributed by atoms with Crippen LogP contribution in [0.4, 0.5) is 0 Å². The van der Waals surface area contributed by atoms with Crippen molar-refractivity contribution in [3.05, 3.63) is 23.8 Å². The fourth-order valence-electron chi connectivity index (χ4n) is 1.98. The van der Waals surface area contributed by atoms with E-state index in [0.717, 1.165) is 24.8 Å². The smallest absolute Gasteiger partial charge is 0.125 e. The van der Waals surface area contributed by atoms with E-state index in [1.165, 1.54) is 18.5 Å². The van der Waals surface area contributed by atoms with Gasteiger partial charge in [-0.1, -0.05) is 6.92 Å². The molecule has 1 N–H and O–H groups in total. The molecule has 82 valence electrons. The fraction of sp³-hybridized carbons (Fsp3) is 0.667. The van der Waals surface area contributed by atoms with Gasteiger partial charge in [0.15, 0.2) is 0 Å². The highest BCUT2D eigenvalue weighted by molar-refractivity contribution is 5.17. The Labute approximate surface area is 91.3 Å². The molecule has 0 aliphatic heterocycles. The summed E-state index contributed by atoms with van der Waals surface area (Å²) >= 11 is 0. The molecule has 3 nitrogen and oxygen atoms in total. The number of aromatic nitrogens is 2. The summed E-state index contributed by atoms with van der Waals surface area (Å²) in [4.78, 5) is 8.60. The van der Waals surface area contributed by atoms with Gasteiger partial charge < -0.3 is 5.32 Å². The second-order valence-electron chi connectivity index (χ2n) is 4.34. The van der Waals surface area contributed by atoms with Gasteiger partial charge in [-0.25, -0.2) is 9.97 Å². The van der Waals surface area contributed by atoms with Crippen LogP contribution in [0.15, 0.2) is 12.3 Å². The lowest BCUT2D eigenvalue weighted by molar-refractivity contribution is 0.617. The molecule has 0 aromatic carbocycles. The van der Waals surface area contributed by atoms with Gasteiger partial charge >= 0.3 is 0 Å². The molecule has 1 aliphatic rings. The van der Waals surface area contributed by atoms with Gasteiger partial charge in [0, 0.05) is 17.8 Å². The van der Waals surface area contributed by atoms with E-state index in [1.807, 2.05) is 13.1 Å². The van der Waals surface area contributed by atoms with Crippen LogP contribution in [0.1, 0.15) is 37.2 Å². The number of aryl methyl sites for hydroxylation is 1. The summed E-state index contributed by atoms with van der Waals surface area (Å²) in [5.74, 6) is 2.36. The van der Waals surface area contributed by atoms with Crippen LogP contribution in [-0.2, 0) is 0 Å². The quantitative estimate of drug-likeness (QED) is 0.746. The zero-order valence-electron chi connectivity index (χ0n) is 9.53. The summed E-state index contributed by atoms with van der Waals surface area (Å²) in [6.45, 7) is 6.43. The number of nitrogens with zero attached hydrogens (tertiary/aromatic N) is 2. The Hall–Kier alpha value is -0.960. The van der Waals surface area contributed by atoms with Crippen LogP contribution in [0.25, 0.3) is 0 Å². The molecule has 1 heterocycles. The van der Waals surface area contributed by atoms with E-state index < -0.39 is 0 Å². The molecule has 1 aromatic heterocycles. The third-order valence-corrected chi connectivity index (χ3v) is 2.93. The van der Waals surface area contributed by atoms with E-state index in [4.69, 9.17) is 0 Å². The molecular weight excluding hydrogens is 186 g/mol. The van der Waals surface area contributed by atoms with Gasteiger partial charge in [-0.3, -0.25) is 0 Å². The zero-order chi connectivity index (χ0) is 10.7. The first kappa shape index (κ1) is 10.6. The number of hydrogen-bond acceptors (Lipinski definition) is 3. The van der Waals surface area contributed by atoms with Gasteiger partial charge in [0.1, 0.15) is 5.82 Å². The third kappa shape index (κ3) is 2.75. The molecule has 0 spiro atoms. The molecule has 2 atom stereocenters. The maximum Gasteiger partial charge on any atom is 0.125 e. The lowest BCUT2D eigenvalue weighted by atomic mass is 10.2. The lowest BCUT2D eigenvalue weighted by Gasteiger charge is -2.02. The second-order valence-corrected chi connectivity index (χ2v) is 4.34. The lowest BCUT2D eigenvalue weighted by Crippen LogP contribution is -2.18. The van der Waals surface area contributed by atoms with E-state index in [2.05, 4.69) is 28.3 Å². The van der Waals surface area contributed by atoms with Crippen LogP contribution in [0.2, 0.25) is 0 Å². The summed E-state index contributed by atoms with van der Waals surface area (Å²) < 4.78 is 0. The van der Waals surface area contributed by atoms with Gasteiger partial charge in [-0.05, 0) is 44.8 Å². The average molecular weight is 205 g/mol. The maximum atomic E-state index is 4.47. The predicted octanol–water partition coefficient (Wildman–Crippen LogP) is 1.89. The Morgan fingerprint density at radius 2 is 2.40 bits per heavy atom. The van der Waals surface area contributed by atoms with Crippen LogP contribution in [0.3, 0.4) is 0 Å². The summed E-state index contributed by atoms with van der Waals surface area (Å²) in [5, 5.41) is 3.47. The van der Waals surface area contributed by atoms with Crippen molar-refractivity contribution in [2.75, 3.05) is 13.1 Å². The maximum absolute atomic E-state index is 4.47. The minimum Gasteiger partial charge on any atom is -0.316 e. The first-order valence-corrected chi connectivity index (χ1v) is 5.81. The highest BCUT2D eigenvalue weighted by Gasteiger charge is 2.38. The van der Waals surface area contributed by atoms with Crippen molar-refractivity contribution in [1.82, 2.24) is 15.3 Å². The Morgan fingerprint density at radius 1 is 1.53 bits per heavy atom. The van der Waals surface area contributed by atoms with Crippen molar-refractivity contribution in [3.63, 3.8) is 0 Å². The minimum absolute atomic E-state index is 0.677. The number of rotatable bonds is 5. The van der Waals surface area contributed by atoms with Gasteiger partial charge in [0.25, 0.3) is 0 Å². The van der Waals surface area contributed by atoms with Crippen molar-refractivity contribution >= 4 is 0 Å². The summed E-state index contributed by atoms with van der Waals surface area (Å²) in [7, 11) is 0. The highest BCUT2D eigenvalue weighted by Crippen LogP contribution is 2.45. The average Bonchev–Trinajstić information content (AvgIpc) is 2.98. The summed E-state index contributed by atoms with van der Waals surface area (Å²) in [6, 6.07) is 2.05. The molecule has 0 amide bonds. The Morgan fingerprint density at radius 3 is 3.13 bits per heavy atom. The second kappa shape index (κ2) is 4.71. The molecule has 1 aromatic rings. The monoisotopic (exact) mass is 205 g/mol. The SMILES string of the molecule is CCCNCC1CC1c1ccnc(C)n1. The van der Waals surface area contributed by atoms with E-state index in [0.29, 0.717) is 5.92 Å². The number of nitrogens with one attached hydrogen (secondary N) is 1. The van der Waals surface area contributed by atoms with Gasteiger partial charge in [0.2, 0.25) is 0 Å². The predicted molar refractivity (Wildman–Crippen MR) is 60.8 cm³/mol. The standard InChI is InChI=1S/C12H19N3/c1-3-5-13-8-10-7-11(10)12-4-6-14-9(2)15-12/h4,6,10-11,13H,3,5,7-8H2,1-2H3. The molecular formula is C12H19N3. The Kier molecular flexibility index (Phi) is 3.31. The first-order chi connectivity index (χ1) is 7.31. The fourth-order valence-corrected chi connectivity index (χ4v) is 1.98. The van der Waals surface area contributed by atoms with Crippen LogP contribution >= 0.6 is 0 Å². The molecule has 1 aliphatic carbocycles. The number of hydrogen-bond donors (Lipinski definition) is 1. The largest absolute Gasteiger partial charge is 0.316 e. The summed E-state index contributed by atoms with van der Waals surface area (Å²) in [6.07, 6.45) is 4.36. The van der Waals surface area contributed by atoms with Gasteiger partial charge in [-0.2, -0.15) is 0 Å². The van der Waals surface area contributed by atoms with E-state index >= 15 is 0 Å². The molecule has 1 saturated carbocycles. The van der Waals surface area contributed by atoms with Crippen LogP contribution < -0.4 is 5.32 Å². The molecule has 0 bridgehead atoms. The molecule has 2 rings (SSSR count). The van der Waals surface area contributed by atoms with Crippen molar-refractivity contribution in [2.45, 2.75) is 32.6 Å². The highest BCUT2D eigenvalue weighted by atomic mass is 14.9. The van der Waals surface area contributed by atoms with Crippen molar-refractivity contribution in [2.24, 2.45) is 5.92 Å². The van der Waals surface area contributed by atoms with Crippen molar-refractivity contribution in [1.29, 1.82) is 0 Å². The summed E-state index contributed by atoms with van der Waals surface area (Å²) in [5.41, 5.74) is 1.23. The molecule has 0 radical (unpaired) electrons. The van der Waals surface area contributed by atoms with E-state index in [-0.39, 0.29) is 0 Å². The van der Waals surface area contributed by atoms with Crippen LogP contribution in [-0.4, -0.2) is 23.1 Å². The van der Waals surface area contributed by atoms with Crippen LogP contribution in [0, 0.1) is 12.8 Å². The third-order valence-electron chi connectivity index (χ3n) is 2.93. The molecule has 2 unspecified atom stereocenters. The topological polar surface area (TPSA) is 37.8 Å². The Bertz CT molecular complexity index is 324. The van der Waals surface area contributed by atoms with Gasteiger partial charge in [0.05, 0.1) is 0 Å². The first-order valence-electron chi connectivity index (χ1n) is 5.81. The van der Waals surface area contributed by atoms with E-state index in [9.17, 15) is 0 Å². The normalized spacial score (nSPS) is 24.1. The Balaban J connectivity index is 1.83. The van der Waals surface area contributed by atoms with Crippen LogP contribution in [0.5, 0.6) is 0 Å². The molecule has 0 saturated heterocycles. The molecule has 15 heavy (non-hydrogen) atoms. The zero-order valence-corrected chi connectivity index (χ0v) is 9.53. The molecule has 3 heteroatoms. The minimum atomic E-state index is 0.677.